The van der Waals surface area contributed by atoms with E-state index in [1.54, 1.807) is 18.2 Å². The molecule has 6 heteroatoms. The van der Waals surface area contributed by atoms with E-state index in [0.29, 0.717) is 22.3 Å². The third-order valence-corrected chi connectivity index (χ3v) is 3.77. The molecule has 0 saturated carbocycles. The van der Waals surface area contributed by atoms with Crippen molar-refractivity contribution < 1.29 is 0 Å². The number of aromatic nitrogens is 4. The number of hydrogen-bond donors (Lipinski definition) is 0. The van der Waals surface area contributed by atoms with Crippen molar-refractivity contribution in [3.05, 3.63) is 69.5 Å². The molecule has 0 amide bonds. The van der Waals surface area contributed by atoms with Crippen LogP contribution in [0, 0.1) is 6.92 Å². The van der Waals surface area contributed by atoms with Gasteiger partial charge in [0.15, 0.2) is 5.82 Å². The number of halogens is 2. The lowest BCUT2D eigenvalue weighted by atomic mass is 10.1. The molecule has 0 unspecified atom stereocenters. The molecule has 0 aliphatic heterocycles. The van der Waals surface area contributed by atoms with Crippen molar-refractivity contribution in [3.63, 3.8) is 0 Å². The largest absolute Gasteiger partial charge is 0.179 e. The molecule has 4 nitrogen and oxygen atoms in total. The van der Waals surface area contributed by atoms with E-state index in [-0.39, 0.29) is 0 Å². The Kier molecular flexibility index (Phi) is 3.90. The molecule has 0 fully saturated rings. The highest BCUT2D eigenvalue weighted by Gasteiger charge is 2.07. The molecule has 0 atom stereocenters. The second-order valence-corrected chi connectivity index (χ2v) is 5.57. The molecular weight excluding hydrogens is 307 g/mol. The Morgan fingerprint density at radius 2 is 1.90 bits per heavy atom. The van der Waals surface area contributed by atoms with Crippen LogP contribution in [0.4, 0.5) is 0 Å². The van der Waals surface area contributed by atoms with E-state index in [1.165, 1.54) is 10.4 Å². The van der Waals surface area contributed by atoms with Crippen molar-refractivity contribution in [1.82, 2.24) is 20.2 Å². The van der Waals surface area contributed by atoms with Crippen molar-refractivity contribution in [3.8, 4) is 5.69 Å². The van der Waals surface area contributed by atoms with Gasteiger partial charge in [-0.05, 0) is 35.9 Å². The average molecular weight is 319 g/mol. The summed E-state index contributed by atoms with van der Waals surface area (Å²) < 4.78 is 0. The van der Waals surface area contributed by atoms with Gasteiger partial charge in [0.2, 0.25) is 0 Å². The van der Waals surface area contributed by atoms with Gasteiger partial charge in [0.05, 0.1) is 15.7 Å². The Labute approximate surface area is 132 Å². The third-order valence-electron chi connectivity index (χ3n) is 3.03. The number of benzene rings is 2. The summed E-state index contributed by atoms with van der Waals surface area (Å²) in [7, 11) is 0. The van der Waals surface area contributed by atoms with Gasteiger partial charge < -0.3 is 0 Å². The molecule has 106 valence electrons. The van der Waals surface area contributed by atoms with Gasteiger partial charge in [-0.1, -0.05) is 53.0 Å². The van der Waals surface area contributed by atoms with E-state index >= 15 is 0 Å². The molecule has 0 spiro atoms. The van der Waals surface area contributed by atoms with Crippen molar-refractivity contribution in [2.24, 2.45) is 0 Å². The SMILES string of the molecule is Cc1cccc(Cc2nnn(-c3ccc(Cl)c(Cl)c3)n2)c1. The Morgan fingerprint density at radius 3 is 2.67 bits per heavy atom. The van der Waals surface area contributed by atoms with Crippen molar-refractivity contribution in [1.29, 1.82) is 0 Å². The molecule has 0 saturated heterocycles. The Balaban J connectivity index is 1.84. The van der Waals surface area contributed by atoms with E-state index in [0.717, 1.165) is 11.3 Å². The summed E-state index contributed by atoms with van der Waals surface area (Å²) in [5, 5.41) is 13.5. The summed E-state index contributed by atoms with van der Waals surface area (Å²) in [5.74, 6) is 0.659. The van der Waals surface area contributed by atoms with Crippen LogP contribution in [0.25, 0.3) is 5.69 Å². The summed E-state index contributed by atoms with van der Waals surface area (Å²) in [6.07, 6.45) is 0.642. The van der Waals surface area contributed by atoms with Crippen LogP contribution in [0.5, 0.6) is 0 Å². The topological polar surface area (TPSA) is 43.6 Å². The van der Waals surface area contributed by atoms with Crippen LogP contribution in [0.1, 0.15) is 17.0 Å². The monoisotopic (exact) mass is 318 g/mol. The fourth-order valence-electron chi connectivity index (χ4n) is 2.04. The first kappa shape index (κ1) is 14.0. The standard InChI is InChI=1S/C15H12Cl2N4/c1-10-3-2-4-11(7-10)8-15-18-20-21(19-15)12-5-6-13(16)14(17)9-12/h2-7,9H,8H2,1H3. The predicted molar refractivity (Wildman–Crippen MR) is 83.2 cm³/mol. The average Bonchev–Trinajstić information content (AvgIpc) is 2.90. The van der Waals surface area contributed by atoms with Gasteiger partial charge in [0.1, 0.15) is 0 Å². The van der Waals surface area contributed by atoms with Gasteiger partial charge >= 0.3 is 0 Å². The first-order valence-electron chi connectivity index (χ1n) is 6.42. The lowest BCUT2D eigenvalue weighted by Gasteiger charge is -2.00. The van der Waals surface area contributed by atoms with Crippen LogP contribution in [0.3, 0.4) is 0 Å². The minimum absolute atomic E-state index is 0.465. The quantitative estimate of drug-likeness (QED) is 0.736. The van der Waals surface area contributed by atoms with Gasteiger partial charge in [0.25, 0.3) is 0 Å². The molecule has 3 rings (SSSR count). The van der Waals surface area contributed by atoms with Gasteiger partial charge in [-0.3, -0.25) is 0 Å². The van der Waals surface area contributed by atoms with E-state index in [1.807, 2.05) is 12.1 Å². The molecule has 2 aromatic carbocycles. The first-order valence-corrected chi connectivity index (χ1v) is 7.17. The van der Waals surface area contributed by atoms with Crippen LogP contribution in [0.15, 0.2) is 42.5 Å². The molecule has 0 aliphatic carbocycles. The van der Waals surface area contributed by atoms with E-state index in [4.69, 9.17) is 23.2 Å². The number of aryl methyl sites for hydroxylation is 1. The minimum atomic E-state index is 0.465. The fraction of sp³-hybridized carbons (Fsp3) is 0.133. The van der Waals surface area contributed by atoms with Gasteiger partial charge in [-0.25, -0.2) is 0 Å². The van der Waals surface area contributed by atoms with E-state index in [9.17, 15) is 0 Å². The third kappa shape index (κ3) is 3.23. The van der Waals surface area contributed by atoms with Gasteiger partial charge in [0, 0.05) is 6.42 Å². The van der Waals surface area contributed by atoms with Crippen LogP contribution in [-0.2, 0) is 6.42 Å². The smallest absolute Gasteiger partial charge is 0.131 e. The van der Waals surface area contributed by atoms with Gasteiger partial charge in [-0.2, -0.15) is 0 Å². The molecule has 1 aromatic heterocycles. The van der Waals surface area contributed by atoms with Crippen LogP contribution < -0.4 is 0 Å². The van der Waals surface area contributed by atoms with Crippen molar-refractivity contribution in [2.45, 2.75) is 13.3 Å². The molecule has 1 heterocycles. The van der Waals surface area contributed by atoms with Crippen LogP contribution in [0.2, 0.25) is 10.0 Å². The first-order chi connectivity index (χ1) is 10.1. The summed E-state index contributed by atoms with van der Waals surface area (Å²) in [6.45, 7) is 2.06. The van der Waals surface area contributed by atoms with Crippen LogP contribution in [-0.4, -0.2) is 20.2 Å². The maximum absolute atomic E-state index is 6.00. The zero-order valence-corrected chi connectivity index (χ0v) is 12.8. The predicted octanol–water partition coefficient (Wildman–Crippen LogP) is 3.87. The molecule has 0 N–H and O–H groups in total. The Hall–Kier alpha value is -1.91. The Morgan fingerprint density at radius 1 is 1.05 bits per heavy atom. The van der Waals surface area contributed by atoms with Crippen LogP contribution >= 0.6 is 23.2 Å². The summed E-state index contributed by atoms with van der Waals surface area (Å²) in [6, 6.07) is 13.5. The highest BCUT2D eigenvalue weighted by Crippen LogP contribution is 2.23. The minimum Gasteiger partial charge on any atom is -0.131 e. The molecular formula is C15H12Cl2N4. The zero-order chi connectivity index (χ0) is 14.8. The second kappa shape index (κ2) is 5.84. The highest BCUT2D eigenvalue weighted by atomic mass is 35.5. The van der Waals surface area contributed by atoms with E-state index < -0.39 is 0 Å². The second-order valence-electron chi connectivity index (χ2n) is 4.76. The zero-order valence-electron chi connectivity index (χ0n) is 11.3. The lowest BCUT2D eigenvalue weighted by Crippen LogP contribution is -1.99. The highest BCUT2D eigenvalue weighted by molar-refractivity contribution is 6.42. The molecule has 3 aromatic rings. The number of tetrazole rings is 1. The number of nitrogens with zero attached hydrogens (tertiary/aromatic N) is 4. The Bertz CT molecular complexity index is 783. The number of rotatable bonds is 3. The molecule has 0 bridgehead atoms. The van der Waals surface area contributed by atoms with Crippen molar-refractivity contribution >= 4 is 23.2 Å². The molecule has 0 radical (unpaired) electrons. The summed E-state index contributed by atoms with van der Waals surface area (Å²) in [4.78, 5) is 1.45. The van der Waals surface area contributed by atoms with Gasteiger partial charge in [-0.15, -0.1) is 15.0 Å². The molecule has 0 aliphatic rings. The van der Waals surface area contributed by atoms with E-state index in [2.05, 4.69) is 34.5 Å². The fourth-order valence-corrected chi connectivity index (χ4v) is 2.33. The summed E-state index contributed by atoms with van der Waals surface area (Å²) in [5.41, 5.74) is 3.10. The maximum Gasteiger partial charge on any atom is 0.179 e. The number of hydrogen-bond acceptors (Lipinski definition) is 3. The van der Waals surface area contributed by atoms with Crippen molar-refractivity contribution in [2.75, 3.05) is 0 Å². The normalized spacial score (nSPS) is 10.8. The maximum atomic E-state index is 6.00. The summed E-state index contributed by atoms with van der Waals surface area (Å²) >= 11 is 11.9. The molecule has 21 heavy (non-hydrogen) atoms. The lowest BCUT2D eigenvalue weighted by molar-refractivity contribution is 0.718.